The van der Waals surface area contributed by atoms with E-state index in [2.05, 4.69) is 11.8 Å². The van der Waals surface area contributed by atoms with E-state index in [1.807, 2.05) is 20.9 Å². The Morgan fingerprint density at radius 2 is 1.93 bits per heavy atom. The van der Waals surface area contributed by atoms with Gasteiger partial charge < -0.3 is 14.7 Å². The maximum atomic E-state index is 9.66. The summed E-state index contributed by atoms with van der Waals surface area (Å²) < 4.78 is 5.35. The summed E-state index contributed by atoms with van der Waals surface area (Å²) >= 11 is 0. The van der Waals surface area contributed by atoms with Crippen LogP contribution in [0.15, 0.2) is 0 Å². The molecule has 0 saturated heterocycles. The molecule has 0 aromatic heterocycles. The number of aliphatic hydroxyl groups is 1. The van der Waals surface area contributed by atoms with Crippen LogP contribution in [0.5, 0.6) is 0 Å². The molecule has 0 saturated carbocycles. The summed E-state index contributed by atoms with van der Waals surface area (Å²) in [5, 5.41) is 9.66. The first-order valence-corrected chi connectivity index (χ1v) is 6.04. The van der Waals surface area contributed by atoms with Gasteiger partial charge in [-0.3, -0.25) is 0 Å². The van der Waals surface area contributed by atoms with Crippen LogP contribution in [-0.2, 0) is 4.74 Å². The summed E-state index contributed by atoms with van der Waals surface area (Å²) in [7, 11) is 2.05. The van der Waals surface area contributed by atoms with E-state index in [0.717, 1.165) is 6.54 Å². The van der Waals surface area contributed by atoms with Crippen LogP contribution in [0.4, 0.5) is 0 Å². The maximum Gasteiger partial charge on any atom is 0.0900 e. The number of ether oxygens (including phenoxy) is 1. The van der Waals surface area contributed by atoms with Crippen LogP contribution in [0.3, 0.4) is 0 Å². The molecule has 0 aromatic carbocycles. The van der Waals surface area contributed by atoms with Crippen molar-refractivity contribution in [3.05, 3.63) is 0 Å². The number of unbranched alkanes of at least 4 members (excludes halogenated alkanes) is 2. The molecule has 0 aromatic rings. The number of hydrogen-bond acceptors (Lipinski definition) is 3. The second kappa shape index (κ2) is 9.13. The molecule has 0 amide bonds. The number of aliphatic hydroxyl groups excluding tert-OH is 1. The highest BCUT2D eigenvalue weighted by Gasteiger charge is 2.08. The highest BCUT2D eigenvalue weighted by molar-refractivity contribution is 4.61. The first-order chi connectivity index (χ1) is 7.06. The average molecular weight is 217 g/mol. The van der Waals surface area contributed by atoms with Crippen LogP contribution in [0, 0.1) is 0 Å². The zero-order valence-corrected chi connectivity index (χ0v) is 10.7. The van der Waals surface area contributed by atoms with E-state index in [4.69, 9.17) is 4.74 Å². The van der Waals surface area contributed by atoms with Crippen LogP contribution in [0.25, 0.3) is 0 Å². The predicted octanol–water partition coefficient (Wildman–Crippen LogP) is 1.89. The van der Waals surface area contributed by atoms with Gasteiger partial charge in [0.05, 0.1) is 18.8 Å². The molecule has 3 nitrogen and oxygen atoms in total. The normalized spacial score (nSPS) is 13.8. The lowest BCUT2D eigenvalue weighted by Crippen LogP contribution is -2.33. The van der Waals surface area contributed by atoms with E-state index >= 15 is 0 Å². The Kier molecular flexibility index (Phi) is 9.06. The summed E-state index contributed by atoms with van der Waals surface area (Å²) in [4.78, 5) is 2.17. The monoisotopic (exact) mass is 217 g/mol. The molecule has 1 N–H and O–H groups in total. The van der Waals surface area contributed by atoms with E-state index in [1.54, 1.807) is 0 Å². The lowest BCUT2D eigenvalue weighted by atomic mass is 10.2. The number of hydrogen-bond donors (Lipinski definition) is 1. The Morgan fingerprint density at radius 1 is 1.27 bits per heavy atom. The third kappa shape index (κ3) is 10.2. The molecule has 0 bridgehead atoms. The van der Waals surface area contributed by atoms with Crippen LogP contribution in [0.1, 0.15) is 40.0 Å². The highest BCUT2D eigenvalue weighted by Crippen LogP contribution is 1.99. The van der Waals surface area contributed by atoms with Crippen molar-refractivity contribution in [1.82, 2.24) is 4.90 Å². The molecular formula is C12H27NO2. The van der Waals surface area contributed by atoms with E-state index in [1.165, 1.54) is 19.3 Å². The Labute approximate surface area is 94.4 Å². The largest absolute Gasteiger partial charge is 0.389 e. The molecule has 0 heterocycles. The van der Waals surface area contributed by atoms with Crippen molar-refractivity contribution in [3.63, 3.8) is 0 Å². The Bertz CT molecular complexity index is 140. The first-order valence-electron chi connectivity index (χ1n) is 6.04. The zero-order chi connectivity index (χ0) is 11.7. The molecule has 1 atom stereocenters. The Hall–Kier alpha value is -0.120. The van der Waals surface area contributed by atoms with Gasteiger partial charge in [0.2, 0.25) is 0 Å². The molecule has 0 aliphatic heterocycles. The smallest absolute Gasteiger partial charge is 0.0900 e. The minimum absolute atomic E-state index is 0.199. The van der Waals surface area contributed by atoms with Gasteiger partial charge >= 0.3 is 0 Å². The number of nitrogens with zero attached hydrogens (tertiary/aromatic N) is 1. The molecule has 0 aliphatic carbocycles. The van der Waals surface area contributed by atoms with Crippen LogP contribution in [0.2, 0.25) is 0 Å². The van der Waals surface area contributed by atoms with E-state index in [0.29, 0.717) is 13.2 Å². The average Bonchev–Trinajstić information content (AvgIpc) is 2.15. The second-order valence-corrected chi connectivity index (χ2v) is 4.51. The molecule has 0 aliphatic rings. The van der Waals surface area contributed by atoms with E-state index < -0.39 is 0 Å². The van der Waals surface area contributed by atoms with E-state index in [9.17, 15) is 5.11 Å². The molecular weight excluding hydrogens is 190 g/mol. The molecule has 3 heteroatoms. The summed E-state index contributed by atoms with van der Waals surface area (Å²) in [6.07, 6.45) is 3.56. The van der Waals surface area contributed by atoms with Gasteiger partial charge in [0, 0.05) is 6.54 Å². The Balaban J connectivity index is 3.44. The molecule has 92 valence electrons. The van der Waals surface area contributed by atoms with E-state index in [-0.39, 0.29) is 12.2 Å². The highest BCUT2D eigenvalue weighted by atomic mass is 16.5. The van der Waals surface area contributed by atoms with Gasteiger partial charge in [0.1, 0.15) is 0 Å². The van der Waals surface area contributed by atoms with Gasteiger partial charge in [-0.25, -0.2) is 0 Å². The van der Waals surface area contributed by atoms with Gasteiger partial charge in [0.15, 0.2) is 0 Å². The minimum Gasteiger partial charge on any atom is -0.389 e. The first kappa shape index (κ1) is 14.9. The SMILES string of the molecule is CCCCCN(C)CC(O)COC(C)C. The lowest BCUT2D eigenvalue weighted by Gasteiger charge is -2.21. The molecule has 0 rings (SSSR count). The standard InChI is InChI=1S/C12H27NO2/c1-5-6-7-8-13(4)9-12(14)10-15-11(2)3/h11-12,14H,5-10H2,1-4H3. The van der Waals surface area contributed by atoms with Gasteiger partial charge in [0.25, 0.3) is 0 Å². The summed E-state index contributed by atoms with van der Waals surface area (Å²) in [6.45, 7) is 8.37. The fourth-order valence-corrected chi connectivity index (χ4v) is 1.44. The van der Waals surface area contributed by atoms with Gasteiger partial charge in [-0.1, -0.05) is 19.8 Å². The van der Waals surface area contributed by atoms with Crippen molar-refractivity contribution < 1.29 is 9.84 Å². The van der Waals surface area contributed by atoms with Crippen molar-refractivity contribution in [2.45, 2.75) is 52.2 Å². The van der Waals surface area contributed by atoms with Gasteiger partial charge in [-0.15, -0.1) is 0 Å². The quantitative estimate of drug-likeness (QED) is 0.599. The topological polar surface area (TPSA) is 32.7 Å². The van der Waals surface area contributed by atoms with Crippen molar-refractivity contribution in [1.29, 1.82) is 0 Å². The number of rotatable bonds is 9. The van der Waals surface area contributed by atoms with Crippen molar-refractivity contribution >= 4 is 0 Å². The summed E-state index contributed by atoms with van der Waals surface area (Å²) in [6, 6.07) is 0. The molecule has 0 radical (unpaired) electrons. The maximum absolute atomic E-state index is 9.66. The third-order valence-corrected chi connectivity index (χ3v) is 2.29. The molecule has 0 spiro atoms. The predicted molar refractivity (Wildman–Crippen MR) is 64.1 cm³/mol. The fraction of sp³-hybridized carbons (Fsp3) is 1.00. The summed E-state index contributed by atoms with van der Waals surface area (Å²) in [5.41, 5.74) is 0. The number of likely N-dealkylation sites (N-methyl/N-ethyl adjacent to an activating group) is 1. The molecule has 1 unspecified atom stereocenters. The van der Waals surface area contributed by atoms with Crippen molar-refractivity contribution in [2.75, 3.05) is 26.7 Å². The summed E-state index contributed by atoms with van der Waals surface area (Å²) in [5.74, 6) is 0. The molecule has 15 heavy (non-hydrogen) atoms. The Morgan fingerprint density at radius 3 is 2.47 bits per heavy atom. The van der Waals surface area contributed by atoms with Crippen molar-refractivity contribution in [2.24, 2.45) is 0 Å². The minimum atomic E-state index is -0.362. The third-order valence-electron chi connectivity index (χ3n) is 2.29. The molecule has 0 fully saturated rings. The second-order valence-electron chi connectivity index (χ2n) is 4.51. The van der Waals surface area contributed by atoms with Crippen LogP contribution >= 0.6 is 0 Å². The van der Waals surface area contributed by atoms with Crippen molar-refractivity contribution in [3.8, 4) is 0 Å². The lowest BCUT2D eigenvalue weighted by molar-refractivity contribution is -0.00565. The van der Waals surface area contributed by atoms with Gasteiger partial charge in [-0.2, -0.15) is 0 Å². The van der Waals surface area contributed by atoms with Gasteiger partial charge in [-0.05, 0) is 33.9 Å². The van der Waals surface area contributed by atoms with Crippen LogP contribution in [-0.4, -0.2) is 49.0 Å². The zero-order valence-electron chi connectivity index (χ0n) is 10.7. The van der Waals surface area contributed by atoms with Crippen LogP contribution < -0.4 is 0 Å². The fourth-order valence-electron chi connectivity index (χ4n) is 1.44.